The first kappa shape index (κ1) is 21.0. The topological polar surface area (TPSA) is 9.23 Å². The first-order valence-electron chi connectivity index (χ1n) is 10.2. The predicted octanol–water partition coefficient (Wildman–Crippen LogP) is 7.11. The van der Waals surface area contributed by atoms with Gasteiger partial charge in [0.25, 0.3) is 0 Å². The summed E-state index contributed by atoms with van der Waals surface area (Å²) in [4.78, 5) is 0. The Morgan fingerprint density at radius 2 is 1.63 bits per heavy atom. The Balaban J connectivity index is 1.87. The van der Waals surface area contributed by atoms with Gasteiger partial charge in [0, 0.05) is 18.6 Å². The Hall–Kier alpha value is -2.30. The van der Waals surface area contributed by atoms with Crippen LogP contribution in [-0.4, -0.2) is 12.7 Å². The molecule has 27 heavy (non-hydrogen) atoms. The molecule has 0 heterocycles. The molecule has 0 radical (unpaired) electrons. The maximum atomic E-state index is 5.54. The highest BCUT2D eigenvalue weighted by molar-refractivity contribution is 5.66. The molecule has 1 atom stereocenters. The molecule has 142 valence electrons. The molecule has 0 N–H and O–H groups in total. The zero-order valence-corrected chi connectivity index (χ0v) is 17.0. The zero-order chi connectivity index (χ0) is 19.3. The maximum absolute atomic E-state index is 5.54. The second kappa shape index (κ2) is 12.2. The highest BCUT2D eigenvalue weighted by Gasteiger charge is 1.99. The molecule has 0 saturated heterocycles. The van der Waals surface area contributed by atoms with E-state index >= 15 is 0 Å². The second-order valence-electron chi connectivity index (χ2n) is 6.85. The summed E-state index contributed by atoms with van der Waals surface area (Å²) < 4.78 is 5.54. The summed E-state index contributed by atoms with van der Waals surface area (Å²) in [7, 11) is 0. The summed E-state index contributed by atoms with van der Waals surface area (Å²) in [5.41, 5.74) is 4.81. The third-order valence-electron chi connectivity index (χ3n) is 4.49. The van der Waals surface area contributed by atoms with E-state index in [9.17, 15) is 0 Å². The molecule has 0 saturated carbocycles. The number of rotatable bonds is 9. The molecule has 1 unspecified atom stereocenters. The number of hydrogen-bond donors (Lipinski definition) is 0. The molecular weight excluding hydrogens is 328 g/mol. The molecule has 0 fully saturated rings. The fraction of sp³-hybridized carbons (Fsp3) is 0.385. The molecule has 2 rings (SSSR count). The minimum absolute atomic E-state index is 0.338. The van der Waals surface area contributed by atoms with Crippen molar-refractivity contribution in [3.05, 3.63) is 65.7 Å². The lowest BCUT2D eigenvalue weighted by atomic mass is 10.0. The van der Waals surface area contributed by atoms with Crippen molar-refractivity contribution in [2.45, 2.75) is 59.0 Å². The summed E-state index contributed by atoms with van der Waals surface area (Å²) in [6.45, 7) is 7.16. The van der Waals surface area contributed by atoms with Gasteiger partial charge in [0.05, 0.1) is 6.10 Å². The Labute approximate surface area is 165 Å². The van der Waals surface area contributed by atoms with E-state index in [0.29, 0.717) is 6.10 Å². The van der Waals surface area contributed by atoms with E-state index < -0.39 is 0 Å². The number of benzene rings is 2. The maximum Gasteiger partial charge on any atom is 0.0547 e. The lowest BCUT2D eigenvalue weighted by Gasteiger charge is -2.09. The van der Waals surface area contributed by atoms with Crippen LogP contribution < -0.4 is 0 Å². The van der Waals surface area contributed by atoms with Gasteiger partial charge in [-0.05, 0) is 61.9 Å². The zero-order valence-electron chi connectivity index (χ0n) is 17.0. The first-order valence-corrected chi connectivity index (χ1v) is 10.2. The van der Waals surface area contributed by atoms with Gasteiger partial charge in [0.1, 0.15) is 0 Å². The second-order valence-corrected chi connectivity index (χ2v) is 6.85. The van der Waals surface area contributed by atoms with Gasteiger partial charge in [0.2, 0.25) is 0 Å². The molecule has 2 aromatic rings. The lowest BCUT2D eigenvalue weighted by molar-refractivity contribution is 0.0692. The Bertz CT molecular complexity index is 742. The minimum atomic E-state index is 0.338. The van der Waals surface area contributed by atoms with Gasteiger partial charge < -0.3 is 4.74 Å². The van der Waals surface area contributed by atoms with Crippen molar-refractivity contribution < 1.29 is 4.74 Å². The lowest BCUT2D eigenvalue weighted by Crippen LogP contribution is -2.06. The summed E-state index contributed by atoms with van der Waals surface area (Å²) in [6.07, 6.45) is 10.2. The van der Waals surface area contributed by atoms with Crippen molar-refractivity contribution in [3.63, 3.8) is 0 Å². The van der Waals surface area contributed by atoms with Gasteiger partial charge in [-0.2, -0.15) is 0 Å². The van der Waals surface area contributed by atoms with Crippen molar-refractivity contribution in [1.29, 1.82) is 0 Å². The van der Waals surface area contributed by atoms with Crippen LogP contribution in [0.15, 0.2) is 54.6 Å². The number of hydrogen-bond acceptors (Lipinski definition) is 1. The SMILES string of the molecule is CCCC=Cc1ccc(-c2ccc(C#CCCCC(C)OCC)cc2)cc1. The largest absolute Gasteiger partial charge is 0.379 e. The molecule has 1 heteroatoms. The van der Waals surface area contributed by atoms with E-state index in [2.05, 4.69) is 86.4 Å². The molecule has 0 aliphatic carbocycles. The minimum Gasteiger partial charge on any atom is -0.379 e. The van der Waals surface area contributed by atoms with E-state index in [1.54, 1.807) is 0 Å². The Morgan fingerprint density at radius 3 is 2.26 bits per heavy atom. The van der Waals surface area contributed by atoms with Crippen LogP contribution in [0.5, 0.6) is 0 Å². The molecule has 0 aliphatic heterocycles. The fourth-order valence-corrected chi connectivity index (χ4v) is 2.93. The average Bonchev–Trinajstić information content (AvgIpc) is 2.69. The van der Waals surface area contributed by atoms with Gasteiger partial charge in [-0.3, -0.25) is 0 Å². The monoisotopic (exact) mass is 360 g/mol. The van der Waals surface area contributed by atoms with Crippen LogP contribution in [-0.2, 0) is 4.74 Å². The van der Waals surface area contributed by atoms with Crippen LogP contribution in [0.4, 0.5) is 0 Å². The number of ether oxygens (including phenoxy) is 1. The van der Waals surface area contributed by atoms with Crippen LogP contribution >= 0.6 is 0 Å². The molecular formula is C26H32O. The first-order chi connectivity index (χ1) is 13.2. The highest BCUT2D eigenvalue weighted by atomic mass is 16.5. The fourth-order valence-electron chi connectivity index (χ4n) is 2.93. The number of allylic oxidation sites excluding steroid dienone is 1. The van der Waals surface area contributed by atoms with E-state index in [1.165, 1.54) is 23.1 Å². The van der Waals surface area contributed by atoms with Crippen LogP contribution in [0.2, 0.25) is 0 Å². The predicted molar refractivity (Wildman–Crippen MR) is 118 cm³/mol. The third-order valence-corrected chi connectivity index (χ3v) is 4.49. The van der Waals surface area contributed by atoms with Crippen molar-refractivity contribution >= 4 is 6.08 Å². The van der Waals surface area contributed by atoms with Crippen LogP contribution in [0, 0.1) is 11.8 Å². The quantitative estimate of drug-likeness (QED) is 0.342. The van der Waals surface area contributed by atoms with Crippen LogP contribution in [0.1, 0.15) is 64.0 Å². The van der Waals surface area contributed by atoms with Crippen LogP contribution in [0.3, 0.4) is 0 Å². The molecule has 0 aliphatic rings. The smallest absolute Gasteiger partial charge is 0.0547 e. The van der Waals surface area contributed by atoms with Crippen molar-refractivity contribution in [2.75, 3.05) is 6.61 Å². The Kier molecular flexibility index (Phi) is 9.45. The van der Waals surface area contributed by atoms with Crippen molar-refractivity contribution in [1.82, 2.24) is 0 Å². The van der Waals surface area contributed by atoms with E-state index in [-0.39, 0.29) is 0 Å². The molecule has 2 aromatic carbocycles. The van der Waals surface area contributed by atoms with E-state index in [0.717, 1.165) is 37.9 Å². The van der Waals surface area contributed by atoms with Crippen molar-refractivity contribution in [3.8, 4) is 23.0 Å². The summed E-state index contributed by atoms with van der Waals surface area (Å²) in [5, 5.41) is 0. The molecule has 0 bridgehead atoms. The van der Waals surface area contributed by atoms with E-state index in [4.69, 9.17) is 4.74 Å². The number of unbranched alkanes of at least 4 members (excludes halogenated alkanes) is 2. The van der Waals surface area contributed by atoms with Gasteiger partial charge in [0.15, 0.2) is 0 Å². The third kappa shape index (κ3) is 7.85. The van der Waals surface area contributed by atoms with Crippen LogP contribution in [0.25, 0.3) is 17.2 Å². The summed E-state index contributed by atoms with van der Waals surface area (Å²) in [6, 6.07) is 17.3. The van der Waals surface area contributed by atoms with Crippen molar-refractivity contribution in [2.24, 2.45) is 0 Å². The normalized spacial score (nSPS) is 12.0. The van der Waals surface area contributed by atoms with Gasteiger partial charge in [-0.15, -0.1) is 0 Å². The molecule has 0 amide bonds. The molecule has 1 nitrogen and oxygen atoms in total. The highest BCUT2D eigenvalue weighted by Crippen LogP contribution is 2.21. The van der Waals surface area contributed by atoms with E-state index in [1.807, 2.05) is 6.92 Å². The standard InChI is InChI=1S/C26H32O/c1-4-6-8-12-23-14-18-25(19-15-23)26-20-16-24(17-21-26)13-10-7-9-11-22(3)27-5-2/h8,12,14-22H,4-7,9,11H2,1-3H3. The van der Waals surface area contributed by atoms with Gasteiger partial charge in [-0.1, -0.05) is 73.7 Å². The molecule has 0 spiro atoms. The average molecular weight is 361 g/mol. The molecule has 0 aromatic heterocycles. The summed E-state index contributed by atoms with van der Waals surface area (Å²) >= 11 is 0. The van der Waals surface area contributed by atoms with Gasteiger partial charge >= 0.3 is 0 Å². The Morgan fingerprint density at radius 1 is 0.963 bits per heavy atom. The van der Waals surface area contributed by atoms with Gasteiger partial charge in [-0.25, -0.2) is 0 Å². The summed E-state index contributed by atoms with van der Waals surface area (Å²) in [5.74, 6) is 6.54.